The number of pyridine rings is 2. The van der Waals surface area contributed by atoms with Crippen LogP contribution in [0, 0.1) is 0 Å². The molecule has 0 aliphatic carbocycles. The first-order chi connectivity index (χ1) is 34.4. The van der Waals surface area contributed by atoms with Gasteiger partial charge in [-0.05, 0) is 51.9 Å². The zero-order chi connectivity index (χ0) is 52.1. The van der Waals surface area contributed by atoms with Gasteiger partial charge in [0.15, 0.2) is 11.0 Å². The third-order valence-corrected chi connectivity index (χ3v) is 16.7. The topological polar surface area (TPSA) is 271 Å². The number of nitrogens with one attached hydrogen (secondary N) is 2. The van der Waals surface area contributed by atoms with Crippen molar-refractivity contribution >= 4 is 42.1 Å². The molecule has 72 heavy (non-hydrogen) atoms. The minimum atomic E-state index is -3.81. The highest BCUT2D eigenvalue weighted by molar-refractivity contribution is 7.89. The van der Waals surface area contributed by atoms with Crippen LogP contribution in [0.3, 0.4) is 0 Å². The molecule has 2 atom stereocenters. The molecular weight excluding hydrogens is 973 g/mol. The number of rotatable bonds is 18. The molecule has 6 aromatic rings. The second-order valence-corrected chi connectivity index (χ2v) is 21.4. The number of methoxy groups -OCH3 is 2. The first-order valence-electron chi connectivity index (χ1n) is 24.1. The van der Waals surface area contributed by atoms with Crippen LogP contribution in [-0.4, -0.2) is 190 Å². The molecule has 0 bridgehead atoms. The molecule has 0 aromatic carbocycles. The normalized spacial score (nSPS) is 16.5. The van der Waals surface area contributed by atoms with Gasteiger partial charge in [0.2, 0.25) is 31.8 Å². The zero-order valence-electron chi connectivity index (χ0n) is 42.6. The lowest BCUT2D eigenvalue weighted by atomic mass is 10.2. The van der Waals surface area contributed by atoms with Crippen molar-refractivity contribution < 1.29 is 35.8 Å². The number of ether oxygens (including phenoxy) is 4. The molecule has 0 amide bonds. The average molecular weight is 1040 g/mol. The number of sulfonamides is 2. The summed E-state index contributed by atoms with van der Waals surface area (Å²) in [6.07, 6.45) is 3.36. The number of aromatic amines is 2. The summed E-state index contributed by atoms with van der Waals surface area (Å²) in [4.78, 5) is 53.6. The molecule has 24 nitrogen and oxygen atoms in total. The van der Waals surface area contributed by atoms with Crippen molar-refractivity contribution in [3.63, 3.8) is 0 Å². The van der Waals surface area contributed by atoms with E-state index in [1.54, 1.807) is 37.7 Å². The zero-order valence-corrected chi connectivity index (χ0v) is 44.3. The Labute approximate surface area is 418 Å². The van der Waals surface area contributed by atoms with E-state index in [9.17, 15) is 26.4 Å². The molecule has 8 rings (SSSR count). The van der Waals surface area contributed by atoms with Crippen molar-refractivity contribution in [2.45, 2.75) is 76.4 Å². The summed E-state index contributed by atoms with van der Waals surface area (Å²) in [5.41, 5.74) is 2.64. The third kappa shape index (κ3) is 11.4. The van der Waals surface area contributed by atoms with Gasteiger partial charge in [-0.15, -0.1) is 0 Å². The lowest BCUT2D eigenvalue weighted by Gasteiger charge is -2.33. The van der Waals surface area contributed by atoms with Crippen molar-refractivity contribution in [2.24, 2.45) is 14.1 Å². The van der Waals surface area contributed by atoms with Crippen LogP contribution < -0.4 is 20.6 Å². The molecule has 0 spiro atoms. The van der Waals surface area contributed by atoms with E-state index in [2.05, 4.69) is 63.7 Å². The molecule has 2 N–H and O–H groups in total. The molecule has 8 heterocycles. The van der Waals surface area contributed by atoms with E-state index in [1.165, 1.54) is 33.1 Å². The lowest BCUT2D eigenvalue weighted by Crippen LogP contribution is -2.48. The summed E-state index contributed by atoms with van der Waals surface area (Å²) >= 11 is 0. The van der Waals surface area contributed by atoms with E-state index >= 15 is 0 Å². The summed E-state index contributed by atoms with van der Waals surface area (Å²) in [5.74, 6) is 0.627. The van der Waals surface area contributed by atoms with E-state index in [-0.39, 0.29) is 80.8 Å². The maximum absolute atomic E-state index is 13.5. The van der Waals surface area contributed by atoms with Gasteiger partial charge in [0.1, 0.15) is 45.7 Å². The van der Waals surface area contributed by atoms with Gasteiger partial charge in [-0.1, -0.05) is 27.7 Å². The van der Waals surface area contributed by atoms with Gasteiger partial charge in [-0.2, -0.15) is 18.8 Å². The van der Waals surface area contributed by atoms with E-state index < -0.39 is 31.2 Å². The maximum Gasteiger partial charge on any atom is 0.279 e. The molecular formula is C46H66N14O10S2. The Morgan fingerprint density at radius 2 is 0.944 bits per heavy atom. The first-order valence-corrected chi connectivity index (χ1v) is 26.9. The Bertz CT molecular complexity index is 3000. The molecule has 6 aromatic heterocycles. The van der Waals surface area contributed by atoms with Gasteiger partial charge in [0.25, 0.3) is 11.1 Å². The van der Waals surface area contributed by atoms with E-state index in [0.29, 0.717) is 76.2 Å². The summed E-state index contributed by atoms with van der Waals surface area (Å²) < 4.78 is 82.3. The predicted octanol–water partition coefficient (Wildman–Crippen LogP) is 2.04. The summed E-state index contributed by atoms with van der Waals surface area (Å²) in [7, 11) is -0.972. The Kier molecular flexibility index (Phi) is 17.3. The minimum Gasteiger partial charge on any atom is -0.474 e. The summed E-state index contributed by atoms with van der Waals surface area (Å²) in [6.45, 7) is 18.0. The second kappa shape index (κ2) is 23.0. The number of likely N-dealkylation sites (N-methyl/N-ethyl adjacent to an activating group) is 2. The Morgan fingerprint density at radius 1 is 0.583 bits per heavy atom. The van der Waals surface area contributed by atoms with Crippen molar-refractivity contribution in [2.75, 3.05) is 92.9 Å². The highest BCUT2D eigenvalue weighted by Gasteiger charge is 2.32. The van der Waals surface area contributed by atoms with Gasteiger partial charge < -0.3 is 38.7 Å². The summed E-state index contributed by atoms with van der Waals surface area (Å²) in [6, 6.07) is 2.93. The van der Waals surface area contributed by atoms with Crippen LogP contribution in [0.5, 0.6) is 11.8 Å². The largest absolute Gasteiger partial charge is 0.474 e. The van der Waals surface area contributed by atoms with Crippen molar-refractivity contribution in [1.29, 1.82) is 0 Å². The first kappa shape index (κ1) is 54.0. The van der Waals surface area contributed by atoms with Gasteiger partial charge in [0, 0.05) is 80.7 Å². The van der Waals surface area contributed by atoms with Gasteiger partial charge in [-0.25, -0.2) is 36.8 Å². The van der Waals surface area contributed by atoms with Crippen molar-refractivity contribution in [3.8, 4) is 34.5 Å². The molecule has 2 unspecified atom stereocenters. The maximum atomic E-state index is 13.5. The Morgan fingerprint density at radius 3 is 1.26 bits per heavy atom. The number of hydrogen-bond donors (Lipinski definition) is 2. The fourth-order valence-electron chi connectivity index (χ4n) is 8.41. The van der Waals surface area contributed by atoms with Crippen molar-refractivity contribution in [1.82, 2.24) is 67.9 Å². The van der Waals surface area contributed by atoms with E-state index in [4.69, 9.17) is 18.9 Å². The number of aryl methyl sites for hydroxylation is 4. The minimum absolute atomic E-state index is 0.0132. The molecule has 2 fully saturated rings. The highest BCUT2D eigenvalue weighted by Crippen LogP contribution is 2.32. The molecule has 2 aliphatic rings. The lowest BCUT2D eigenvalue weighted by molar-refractivity contribution is 0.0701. The quantitative estimate of drug-likeness (QED) is 0.125. The van der Waals surface area contributed by atoms with Crippen LogP contribution >= 0.6 is 0 Å². The molecule has 0 radical (unpaired) electrons. The number of H-pyrrole nitrogens is 2. The second-order valence-electron chi connectivity index (χ2n) is 17.5. The fourth-order valence-corrected chi connectivity index (χ4v) is 11.2. The van der Waals surface area contributed by atoms with Crippen LogP contribution in [0.2, 0.25) is 0 Å². The number of hydrogen-bond acceptors (Lipinski definition) is 18. The van der Waals surface area contributed by atoms with Crippen LogP contribution in [-0.2, 0) is 56.5 Å². The van der Waals surface area contributed by atoms with Crippen LogP contribution in [0.4, 0.5) is 0 Å². The van der Waals surface area contributed by atoms with Gasteiger partial charge in [-0.3, -0.25) is 19.0 Å². The van der Waals surface area contributed by atoms with Gasteiger partial charge >= 0.3 is 0 Å². The monoisotopic (exact) mass is 1040 g/mol. The summed E-state index contributed by atoms with van der Waals surface area (Å²) in [5, 5.41) is 8.57. The third-order valence-electron chi connectivity index (χ3n) is 13.0. The number of aromatic nitrogens is 10. The number of fused-ring (bicyclic) bond motifs is 2. The van der Waals surface area contributed by atoms with E-state index in [0.717, 1.165) is 24.5 Å². The van der Waals surface area contributed by atoms with Gasteiger partial charge in [0.05, 0.1) is 47.1 Å². The average Bonchev–Trinajstić information content (AvgIpc) is 3.91. The standard InChI is InChI=1S/2C23H33N7O5S/c2*1-6-18-19-20(27-28(18)4)22(31)26-21(25-19)17-12-16(13-24-23(17)35-14-15(3)34-5)36(32,33)30-10-8-29(7-2)9-11-30/h2*12-13,15H,6-11,14H2,1-5H3,(H,25,26,31). The highest BCUT2D eigenvalue weighted by atomic mass is 32.2. The number of piperazine rings is 2. The van der Waals surface area contributed by atoms with Crippen LogP contribution in [0.1, 0.15) is 52.9 Å². The van der Waals surface area contributed by atoms with E-state index in [1.807, 2.05) is 27.7 Å². The van der Waals surface area contributed by atoms with Crippen LogP contribution in [0.15, 0.2) is 43.9 Å². The molecule has 26 heteroatoms. The predicted molar refractivity (Wildman–Crippen MR) is 269 cm³/mol. The smallest absolute Gasteiger partial charge is 0.279 e. The number of nitrogens with zero attached hydrogens (tertiary/aromatic N) is 12. The molecule has 0 saturated carbocycles. The molecule has 392 valence electrons. The Hall–Kier alpha value is -5.74. The Balaban J connectivity index is 0.000000211. The van der Waals surface area contributed by atoms with Crippen LogP contribution in [0.25, 0.3) is 44.8 Å². The molecule has 2 saturated heterocycles. The SMILES string of the molecule is CCc1c2nc(-c3cc(S(=O)(=O)N4CCN(CC)CC4)cnc3OCC(C)OC)[nH]c(=O)c2nn1C.CCc1c2nc(-c3cc(S(=O)(=O)N4CCN(CC)CC4)cnc3OCC(C)OC)[nH]c(=O)c2nn1C. The fraction of sp³-hybridized carbons (Fsp3) is 0.565. The molecule has 2 aliphatic heterocycles. The van der Waals surface area contributed by atoms with Crippen molar-refractivity contribution in [3.05, 3.63) is 56.6 Å².